The minimum absolute atomic E-state index is 0.00304. The molecule has 0 saturated carbocycles. The number of hydrogen-bond acceptors (Lipinski definition) is 6. The molecule has 0 heterocycles. The second kappa shape index (κ2) is 9.72. The third-order valence-corrected chi connectivity index (χ3v) is 5.67. The summed E-state index contributed by atoms with van der Waals surface area (Å²) >= 11 is 0. The van der Waals surface area contributed by atoms with Gasteiger partial charge in [0.25, 0.3) is 21.6 Å². The molecule has 0 radical (unpaired) electrons. The van der Waals surface area contributed by atoms with Crippen LogP contribution in [0.4, 0.5) is 17.1 Å². The molecule has 1 amide bonds. The van der Waals surface area contributed by atoms with Gasteiger partial charge >= 0.3 is 0 Å². The first kappa shape index (κ1) is 21.8. The van der Waals surface area contributed by atoms with Gasteiger partial charge in [-0.05, 0) is 48.5 Å². The molecule has 0 unspecified atom stereocenters. The fourth-order valence-corrected chi connectivity index (χ4v) is 3.75. The molecule has 3 N–H and O–H groups in total. The number of amides is 1. The summed E-state index contributed by atoms with van der Waals surface area (Å²) in [5, 5.41) is 16.4. The number of carbonyl (C=O) groups is 1. The Labute approximate surface area is 179 Å². The van der Waals surface area contributed by atoms with E-state index in [1.165, 1.54) is 36.4 Å². The van der Waals surface area contributed by atoms with Crippen LogP contribution in [0.1, 0.15) is 10.4 Å². The monoisotopic (exact) mass is 440 g/mol. The third kappa shape index (κ3) is 6.03. The maximum Gasteiger partial charge on any atom is 0.269 e. The van der Waals surface area contributed by atoms with Crippen LogP contribution in [0.25, 0.3) is 0 Å². The number of nitro benzene ring substituents is 1. The van der Waals surface area contributed by atoms with E-state index >= 15 is 0 Å². The Morgan fingerprint density at radius 2 is 1.48 bits per heavy atom. The largest absolute Gasteiger partial charge is 0.383 e. The molecule has 3 aromatic carbocycles. The van der Waals surface area contributed by atoms with Crippen molar-refractivity contribution in [2.45, 2.75) is 4.90 Å². The van der Waals surface area contributed by atoms with Gasteiger partial charge < -0.3 is 10.6 Å². The first-order valence-electron chi connectivity index (χ1n) is 9.29. The molecule has 31 heavy (non-hydrogen) atoms. The minimum Gasteiger partial charge on any atom is -0.383 e. The van der Waals surface area contributed by atoms with E-state index in [9.17, 15) is 23.3 Å². The summed E-state index contributed by atoms with van der Waals surface area (Å²) in [7, 11) is -3.75. The average Bonchev–Trinajstić information content (AvgIpc) is 2.77. The zero-order chi connectivity index (χ0) is 22.3. The number of anilines is 2. The molecule has 9 nitrogen and oxygen atoms in total. The van der Waals surface area contributed by atoms with Crippen LogP contribution in [0.5, 0.6) is 0 Å². The van der Waals surface area contributed by atoms with E-state index in [1.54, 1.807) is 42.5 Å². The first-order chi connectivity index (χ1) is 14.8. The molecule has 0 spiro atoms. The Balaban J connectivity index is 1.50. The zero-order valence-electron chi connectivity index (χ0n) is 16.3. The van der Waals surface area contributed by atoms with Gasteiger partial charge in [0, 0.05) is 42.2 Å². The Morgan fingerprint density at radius 3 is 2.10 bits per heavy atom. The SMILES string of the molecule is O=C(NCCNc1ccc([N+](=O)[O-])cc1)c1ccc(S(=O)(=O)Nc2ccccc2)cc1. The van der Waals surface area contributed by atoms with Gasteiger partial charge in [-0.15, -0.1) is 0 Å². The lowest BCUT2D eigenvalue weighted by molar-refractivity contribution is -0.384. The van der Waals surface area contributed by atoms with Crippen molar-refractivity contribution in [3.05, 3.63) is 94.5 Å². The maximum atomic E-state index is 12.4. The van der Waals surface area contributed by atoms with Gasteiger partial charge in [0.1, 0.15) is 0 Å². The van der Waals surface area contributed by atoms with Crippen molar-refractivity contribution < 1.29 is 18.1 Å². The normalized spacial score (nSPS) is 10.8. The highest BCUT2D eigenvalue weighted by Crippen LogP contribution is 2.17. The Hall–Kier alpha value is -3.92. The second-order valence-corrected chi connectivity index (χ2v) is 8.16. The van der Waals surface area contributed by atoms with Crippen LogP contribution >= 0.6 is 0 Å². The number of benzene rings is 3. The van der Waals surface area contributed by atoms with Crippen LogP contribution < -0.4 is 15.4 Å². The van der Waals surface area contributed by atoms with Crippen molar-refractivity contribution in [3.63, 3.8) is 0 Å². The summed E-state index contributed by atoms with van der Waals surface area (Å²) in [6.07, 6.45) is 0. The minimum atomic E-state index is -3.75. The molecule has 3 rings (SSSR count). The smallest absolute Gasteiger partial charge is 0.269 e. The number of nitro groups is 1. The third-order valence-electron chi connectivity index (χ3n) is 4.27. The predicted octanol–water partition coefficient (Wildman–Crippen LogP) is 3.24. The first-order valence-corrected chi connectivity index (χ1v) is 10.8. The standard InChI is InChI=1S/C21H20N4O5S/c26-21(23-15-14-22-17-8-10-19(11-9-17)25(27)28)16-6-12-20(13-7-16)31(29,30)24-18-4-2-1-3-5-18/h1-13,22,24H,14-15H2,(H,23,26). The number of hydrogen-bond donors (Lipinski definition) is 3. The van der Waals surface area contributed by atoms with E-state index in [0.717, 1.165) is 0 Å². The van der Waals surface area contributed by atoms with E-state index in [2.05, 4.69) is 15.4 Å². The van der Waals surface area contributed by atoms with E-state index in [4.69, 9.17) is 0 Å². The number of nitrogens with one attached hydrogen (secondary N) is 3. The number of carbonyl (C=O) groups excluding carboxylic acids is 1. The Kier molecular flexibility index (Phi) is 6.83. The lowest BCUT2D eigenvalue weighted by Crippen LogP contribution is -2.28. The molecule has 0 atom stereocenters. The van der Waals surface area contributed by atoms with Crippen LogP contribution in [-0.2, 0) is 10.0 Å². The summed E-state index contributed by atoms with van der Waals surface area (Å²) in [4.78, 5) is 22.5. The van der Waals surface area contributed by atoms with Gasteiger partial charge in [-0.3, -0.25) is 19.6 Å². The number of sulfonamides is 1. The van der Waals surface area contributed by atoms with Crippen molar-refractivity contribution in [1.29, 1.82) is 0 Å². The van der Waals surface area contributed by atoms with Crippen LogP contribution in [-0.4, -0.2) is 32.3 Å². The van der Waals surface area contributed by atoms with Gasteiger partial charge in [-0.1, -0.05) is 18.2 Å². The van der Waals surface area contributed by atoms with Crippen molar-refractivity contribution in [2.75, 3.05) is 23.1 Å². The molecule has 10 heteroatoms. The zero-order valence-corrected chi connectivity index (χ0v) is 17.1. The molecular formula is C21H20N4O5S. The van der Waals surface area contributed by atoms with Gasteiger partial charge in [-0.2, -0.15) is 0 Å². The number of rotatable bonds is 9. The van der Waals surface area contributed by atoms with E-state index < -0.39 is 14.9 Å². The number of non-ortho nitro benzene ring substituents is 1. The van der Waals surface area contributed by atoms with Crippen LogP contribution in [0.15, 0.2) is 83.8 Å². The van der Waals surface area contributed by atoms with Gasteiger partial charge in [0.2, 0.25) is 0 Å². The summed E-state index contributed by atoms with van der Waals surface area (Å²) in [5.41, 5.74) is 1.47. The quantitative estimate of drug-likeness (QED) is 0.266. The molecule has 160 valence electrons. The molecule has 0 bridgehead atoms. The summed E-state index contributed by atoms with van der Waals surface area (Å²) < 4.78 is 27.3. The molecule has 0 saturated heterocycles. The Morgan fingerprint density at radius 1 is 0.839 bits per heavy atom. The molecule has 0 fully saturated rings. The predicted molar refractivity (Wildman–Crippen MR) is 118 cm³/mol. The second-order valence-electron chi connectivity index (χ2n) is 6.48. The summed E-state index contributed by atoms with van der Waals surface area (Å²) in [6, 6.07) is 20.1. The van der Waals surface area contributed by atoms with Crippen molar-refractivity contribution in [1.82, 2.24) is 5.32 Å². The summed E-state index contributed by atoms with van der Waals surface area (Å²) in [6.45, 7) is 0.725. The Bertz CT molecular complexity index is 1150. The van der Waals surface area contributed by atoms with Gasteiger partial charge in [0.05, 0.1) is 9.82 Å². The topological polar surface area (TPSA) is 130 Å². The lowest BCUT2D eigenvalue weighted by Gasteiger charge is -2.10. The van der Waals surface area contributed by atoms with Crippen molar-refractivity contribution in [3.8, 4) is 0 Å². The van der Waals surface area contributed by atoms with Crippen LogP contribution in [0.2, 0.25) is 0 Å². The molecule has 0 aliphatic heterocycles. The van der Waals surface area contributed by atoms with Crippen LogP contribution in [0, 0.1) is 10.1 Å². The number of para-hydroxylation sites is 1. The molecular weight excluding hydrogens is 420 g/mol. The highest BCUT2D eigenvalue weighted by molar-refractivity contribution is 7.92. The summed E-state index contributed by atoms with van der Waals surface area (Å²) in [5.74, 6) is -0.342. The van der Waals surface area contributed by atoms with Gasteiger partial charge in [0.15, 0.2) is 0 Å². The molecule has 0 aliphatic carbocycles. The van der Waals surface area contributed by atoms with E-state index in [1.807, 2.05) is 0 Å². The molecule has 3 aromatic rings. The molecule has 0 aliphatic rings. The fourth-order valence-electron chi connectivity index (χ4n) is 2.69. The van der Waals surface area contributed by atoms with Gasteiger partial charge in [-0.25, -0.2) is 8.42 Å². The fraction of sp³-hybridized carbons (Fsp3) is 0.0952. The van der Waals surface area contributed by atoms with Crippen molar-refractivity contribution >= 4 is 33.0 Å². The highest BCUT2D eigenvalue weighted by Gasteiger charge is 2.15. The maximum absolute atomic E-state index is 12.4. The van der Waals surface area contributed by atoms with E-state index in [0.29, 0.717) is 30.0 Å². The molecule has 0 aromatic heterocycles. The van der Waals surface area contributed by atoms with E-state index in [-0.39, 0.29) is 16.5 Å². The lowest BCUT2D eigenvalue weighted by atomic mass is 10.2. The highest BCUT2D eigenvalue weighted by atomic mass is 32.2. The average molecular weight is 440 g/mol. The number of nitrogens with zero attached hydrogens (tertiary/aromatic N) is 1. The van der Waals surface area contributed by atoms with Crippen LogP contribution in [0.3, 0.4) is 0 Å². The van der Waals surface area contributed by atoms with Crippen molar-refractivity contribution in [2.24, 2.45) is 0 Å².